The van der Waals surface area contributed by atoms with Crippen LogP contribution in [0.2, 0.25) is 0 Å². The Kier molecular flexibility index (Phi) is 3.24. The second-order valence-electron chi connectivity index (χ2n) is 2.99. The van der Waals surface area contributed by atoms with Crippen molar-refractivity contribution in [3.8, 4) is 0 Å². The zero-order chi connectivity index (χ0) is 9.10. The summed E-state index contributed by atoms with van der Waals surface area (Å²) in [6, 6.07) is 1.84. The van der Waals surface area contributed by atoms with Crippen LogP contribution in [-0.2, 0) is 0 Å². The largest absolute Gasteiger partial charge is 0.472 e. The molecule has 0 amide bonds. The second kappa shape index (κ2) is 4.44. The molecule has 1 aliphatic rings. The predicted octanol–water partition coefficient (Wildman–Crippen LogP) is 2.16. The van der Waals surface area contributed by atoms with Crippen molar-refractivity contribution >= 4 is 23.5 Å². The summed E-state index contributed by atoms with van der Waals surface area (Å²) < 4.78 is 4.95. The van der Waals surface area contributed by atoms with Crippen molar-refractivity contribution in [2.24, 2.45) is 0 Å². The summed E-state index contributed by atoms with van der Waals surface area (Å²) in [5.74, 6) is 3.39. The van der Waals surface area contributed by atoms with Crippen LogP contribution in [0.25, 0.3) is 0 Å². The first-order valence-corrected chi connectivity index (χ1v) is 6.48. The van der Waals surface area contributed by atoms with Gasteiger partial charge in [0.25, 0.3) is 0 Å². The van der Waals surface area contributed by atoms with Gasteiger partial charge in [-0.25, -0.2) is 0 Å². The van der Waals surface area contributed by atoms with Gasteiger partial charge in [0.1, 0.15) is 0 Å². The lowest BCUT2D eigenvalue weighted by atomic mass is 10.1. The highest BCUT2D eigenvalue weighted by Crippen LogP contribution is 2.33. The molecule has 0 radical (unpaired) electrons. The van der Waals surface area contributed by atoms with Crippen LogP contribution in [0.1, 0.15) is 11.7 Å². The maximum absolute atomic E-state index is 9.94. The summed E-state index contributed by atoms with van der Waals surface area (Å²) in [5.41, 5.74) is 0.903. The molecule has 1 aromatic heterocycles. The maximum Gasteiger partial charge on any atom is 0.0961 e. The summed E-state index contributed by atoms with van der Waals surface area (Å²) in [4.78, 5) is 0. The van der Waals surface area contributed by atoms with Crippen LogP contribution in [0.5, 0.6) is 0 Å². The van der Waals surface area contributed by atoms with Crippen molar-refractivity contribution in [1.82, 2.24) is 0 Å². The normalized spacial score (nSPS) is 25.8. The van der Waals surface area contributed by atoms with Crippen LogP contribution in [0.15, 0.2) is 23.0 Å². The van der Waals surface area contributed by atoms with Crippen LogP contribution in [0.3, 0.4) is 0 Å². The Morgan fingerprint density at radius 1 is 1.54 bits per heavy atom. The molecule has 1 N–H and O–H groups in total. The van der Waals surface area contributed by atoms with Crippen molar-refractivity contribution in [3.63, 3.8) is 0 Å². The monoisotopic (exact) mass is 216 g/mol. The van der Waals surface area contributed by atoms with E-state index < -0.39 is 0 Å². The third-order valence-electron chi connectivity index (χ3n) is 2.08. The van der Waals surface area contributed by atoms with E-state index in [9.17, 15) is 5.11 Å². The molecule has 2 heterocycles. The lowest BCUT2D eigenvalue weighted by Crippen LogP contribution is -2.21. The fourth-order valence-corrected chi connectivity index (χ4v) is 4.10. The summed E-state index contributed by atoms with van der Waals surface area (Å²) in [7, 11) is 0. The number of aliphatic hydroxyl groups is 1. The van der Waals surface area contributed by atoms with Gasteiger partial charge in [-0.05, 0) is 6.07 Å². The van der Waals surface area contributed by atoms with E-state index in [4.69, 9.17) is 4.42 Å². The Morgan fingerprint density at radius 3 is 3.08 bits per heavy atom. The highest BCUT2D eigenvalue weighted by molar-refractivity contribution is 8.06. The number of rotatable bonds is 2. The van der Waals surface area contributed by atoms with Crippen molar-refractivity contribution < 1.29 is 9.52 Å². The van der Waals surface area contributed by atoms with Crippen molar-refractivity contribution in [3.05, 3.63) is 24.2 Å². The Hall–Kier alpha value is -0.0600. The van der Waals surface area contributed by atoms with E-state index >= 15 is 0 Å². The van der Waals surface area contributed by atoms with Crippen LogP contribution >= 0.6 is 23.5 Å². The topological polar surface area (TPSA) is 33.4 Å². The summed E-state index contributed by atoms with van der Waals surface area (Å²) in [5, 5.41) is 10.3. The van der Waals surface area contributed by atoms with E-state index in [1.165, 1.54) is 5.75 Å². The third kappa shape index (κ3) is 2.24. The van der Waals surface area contributed by atoms with Crippen molar-refractivity contribution in [2.75, 3.05) is 17.3 Å². The minimum absolute atomic E-state index is 0.330. The van der Waals surface area contributed by atoms with E-state index in [0.717, 1.165) is 17.1 Å². The summed E-state index contributed by atoms with van der Waals surface area (Å²) >= 11 is 3.77. The number of hydrogen-bond donors (Lipinski definition) is 1. The molecule has 13 heavy (non-hydrogen) atoms. The van der Waals surface area contributed by atoms with Gasteiger partial charge in [0, 0.05) is 28.1 Å². The molecule has 0 bridgehead atoms. The average molecular weight is 216 g/mol. The van der Waals surface area contributed by atoms with Gasteiger partial charge < -0.3 is 9.52 Å². The number of thioether (sulfide) groups is 2. The van der Waals surface area contributed by atoms with Crippen LogP contribution in [-0.4, -0.2) is 27.6 Å². The third-order valence-corrected chi connectivity index (χ3v) is 4.93. The Morgan fingerprint density at radius 2 is 2.46 bits per heavy atom. The quantitative estimate of drug-likeness (QED) is 0.821. The smallest absolute Gasteiger partial charge is 0.0961 e. The molecule has 1 saturated heterocycles. The van der Waals surface area contributed by atoms with Gasteiger partial charge in [-0.1, -0.05) is 0 Å². The predicted molar refractivity (Wildman–Crippen MR) is 57.2 cm³/mol. The zero-order valence-electron chi connectivity index (χ0n) is 7.18. The SMILES string of the molecule is OC(c1ccoc1)C1CSCCS1. The molecular formula is C9H12O2S2. The molecule has 2 nitrogen and oxygen atoms in total. The molecule has 2 rings (SSSR count). The minimum atomic E-state index is -0.364. The zero-order valence-corrected chi connectivity index (χ0v) is 8.81. The van der Waals surface area contributed by atoms with Gasteiger partial charge in [-0.15, -0.1) is 0 Å². The highest BCUT2D eigenvalue weighted by atomic mass is 32.2. The first kappa shape index (κ1) is 9.49. The molecule has 0 spiro atoms. The molecule has 2 atom stereocenters. The van der Waals surface area contributed by atoms with E-state index in [2.05, 4.69) is 0 Å². The summed E-state index contributed by atoms with van der Waals surface area (Å²) in [6.45, 7) is 0. The molecular weight excluding hydrogens is 204 g/mol. The highest BCUT2D eigenvalue weighted by Gasteiger charge is 2.24. The van der Waals surface area contributed by atoms with Gasteiger partial charge in [0.05, 0.1) is 18.6 Å². The van der Waals surface area contributed by atoms with E-state index in [1.807, 2.05) is 29.6 Å². The van der Waals surface area contributed by atoms with E-state index in [0.29, 0.717) is 5.25 Å². The number of furan rings is 1. The Bertz CT molecular complexity index is 242. The molecule has 4 heteroatoms. The molecule has 1 aliphatic heterocycles. The first-order valence-electron chi connectivity index (χ1n) is 4.27. The lowest BCUT2D eigenvalue weighted by molar-refractivity contribution is 0.179. The minimum Gasteiger partial charge on any atom is -0.472 e. The van der Waals surface area contributed by atoms with Gasteiger partial charge in [0.2, 0.25) is 0 Å². The summed E-state index contributed by atoms with van der Waals surface area (Å²) in [6.07, 6.45) is 2.88. The standard InChI is InChI=1S/C9H12O2S2/c10-9(7-1-2-11-5-7)8-6-12-3-4-13-8/h1-2,5,8-10H,3-4,6H2. The van der Waals surface area contributed by atoms with Crippen molar-refractivity contribution in [1.29, 1.82) is 0 Å². The Labute approximate surface area is 86.1 Å². The van der Waals surface area contributed by atoms with Crippen LogP contribution in [0.4, 0.5) is 0 Å². The first-order chi connectivity index (χ1) is 6.38. The van der Waals surface area contributed by atoms with Gasteiger partial charge in [-0.3, -0.25) is 0 Å². The van der Waals surface area contributed by atoms with E-state index in [1.54, 1.807) is 12.5 Å². The fraction of sp³-hybridized carbons (Fsp3) is 0.556. The van der Waals surface area contributed by atoms with E-state index in [-0.39, 0.29) is 6.10 Å². The fourth-order valence-electron chi connectivity index (χ4n) is 1.35. The van der Waals surface area contributed by atoms with Gasteiger partial charge in [-0.2, -0.15) is 23.5 Å². The maximum atomic E-state index is 9.94. The number of hydrogen-bond acceptors (Lipinski definition) is 4. The molecule has 0 aliphatic carbocycles. The second-order valence-corrected chi connectivity index (χ2v) is 5.48. The van der Waals surface area contributed by atoms with Crippen LogP contribution < -0.4 is 0 Å². The molecule has 2 unspecified atom stereocenters. The van der Waals surface area contributed by atoms with Crippen molar-refractivity contribution in [2.45, 2.75) is 11.4 Å². The Balaban J connectivity index is 1.99. The molecule has 0 saturated carbocycles. The van der Waals surface area contributed by atoms with Crippen LogP contribution in [0, 0.1) is 0 Å². The number of aliphatic hydroxyl groups excluding tert-OH is 1. The lowest BCUT2D eigenvalue weighted by Gasteiger charge is -2.24. The molecule has 1 aromatic rings. The van der Waals surface area contributed by atoms with Gasteiger partial charge >= 0.3 is 0 Å². The molecule has 0 aromatic carbocycles. The average Bonchev–Trinajstić information content (AvgIpc) is 2.71. The molecule has 1 fully saturated rings. The van der Waals surface area contributed by atoms with Gasteiger partial charge in [0.15, 0.2) is 0 Å². The molecule has 72 valence electrons.